The molecule has 2 aromatic carbocycles. The molecule has 2 aromatic rings. The molecule has 0 aliphatic heterocycles. The van der Waals surface area contributed by atoms with Gasteiger partial charge in [0.25, 0.3) is 5.91 Å². The summed E-state index contributed by atoms with van der Waals surface area (Å²) in [6.45, 7) is 0. The third-order valence-corrected chi connectivity index (χ3v) is 3.46. The molecule has 1 amide bonds. The smallest absolute Gasteiger partial charge is 0.273 e. The lowest BCUT2D eigenvalue weighted by Gasteiger charge is -2.12. The van der Waals surface area contributed by atoms with Gasteiger partial charge in [0.05, 0.1) is 5.56 Å². The number of benzene rings is 2. The van der Waals surface area contributed by atoms with Crippen LogP contribution in [0.25, 0.3) is 0 Å². The molecule has 0 unspecified atom stereocenters. The Morgan fingerprint density at radius 2 is 1.95 bits per heavy atom. The van der Waals surface area contributed by atoms with Gasteiger partial charge >= 0.3 is 0 Å². The number of amides is 1. The molecule has 2 rings (SSSR count). The zero-order valence-electron chi connectivity index (χ0n) is 12.2. The summed E-state index contributed by atoms with van der Waals surface area (Å²) in [4.78, 5) is 16.8. The topological polar surface area (TPSA) is 59.9 Å². The summed E-state index contributed by atoms with van der Waals surface area (Å²) in [5.74, 6) is 0.873. The number of rotatable bonds is 5. The number of carbonyl (C=O) groups is 1. The average Bonchev–Trinajstić information content (AvgIpc) is 2.53. The number of likely N-dealkylation sites (N-methyl/N-ethyl adjacent to an activating group) is 1. The van der Waals surface area contributed by atoms with Crippen LogP contribution < -0.4 is 10.1 Å². The summed E-state index contributed by atoms with van der Waals surface area (Å²) >= 11 is 2.21. The molecule has 0 aliphatic carbocycles. The minimum Gasteiger partial charge on any atom is -0.457 e. The third-order valence-electron chi connectivity index (χ3n) is 2.79. The molecule has 0 spiro atoms. The Morgan fingerprint density at radius 3 is 2.64 bits per heavy atom. The number of ether oxygens (including phenoxy) is 1. The first-order chi connectivity index (χ1) is 10.7. The summed E-state index contributed by atoms with van der Waals surface area (Å²) < 4.78 is 6.95. The standard InChI is InChI=1S/C16H15IN2O3/c1-18-16(20)15(19-21-2)13-8-3-4-9-14(13)22-12-7-5-6-11(17)10-12/h3-10H,1-2H3,(H,18,20). The number of para-hydroxylation sites is 1. The van der Waals surface area contributed by atoms with Crippen LogP contribution in [0.3, 0.4) is 0 Å². The number of carbonyl (C=O) groups excluding carboxylic acids is 1. The largest absolute Gasteiger partial charge is 0.457 e. The van der Waals surface area contributed by atoms with E-state index in [-0.39, 0.29) is 11.6 Å². The Morgan fingerprint density at radius 1 is 1.18 bits per heavy atom. The number of hydrogen-bond acceptors (Lipinski definition) is 4. The maximum Gasteiger partial charge on any atom is 0.273 e. The van der Waals surface area contributed by atoms with Gasteiger partial charge in [-0.15, -0.1) is 0 Å². The monoisotopic (exact) mass is 410 g/mol. The first-order valence-electron chi connectivity index (χ1n) is 6.51. The van der Waals surface area contributed by atoms with Crippen molar-refractivity contribution in [2.24, 2.45) is 5.16 Å². The fourth-order valence-corrected chi connectivity index (χ4v) is 2.35. The molecule has 0 saturated heterocycles. The maximum absolute atomic E-state index is 12.0. The molecule has 0 saturated carbocycles. The number of oxime groups is 1. The minimum absolute atomic E-state index is 0.159. The van der Waals surface area contributed by atoms with Gasteiger partial charge in [0.2, 0.25) is 0 Å². The molecule has 6 heteroatoms. The Balaban J connectivity index is 2.41. The van der Waals surface area contributed by atoms with E-state index in [2.05, 4.69) is 33.1 Å². The van der Waals surface area contributed by atoms with Crippen molar-refractivity contribution in [1.29, 1.82) is 0 Å². The van der Waals surface area contributed by atoms with Crippen molar-refractivity contribution >= 4 is 34.2 Å². The van der Waals surface area contributed by atoms with Gasteiger partial charge in [-0.25, -0.2) is 0 Å². The first kappa shape index (κ1) is 16.3. The van der Waals surface area contributed by atoms with Crippen LogP contribution in [0.1, 0.15) is 5.56 Å². The van der Waals surface area contributed by atoms with Crippen molar-refractivity contribution in [3.05, 3.63) is 57.7 Å². The van der Waals surface area contributed by atoms with Crippen LogP contribution in [-0.4, -0.2) is 25.8 Å². The number of nitrogens with zero attached hydrogens (tertiary/aromatic N) is 1. The van der Waals surface area contributed by atoms with E-state index in [0.29, 0.717) is 17.1 Å². The Hall–Kier alpha value is -2.09. The van der Waals surface area contributed by atoms with Crippen molar-refractivity contribution in [3.8, 4) is 11.5 Å². The van der Waals surface area contributed by atoms with Gasteiger partial charge in [-0.05, 0) is 52.9 Å². The Bertz CT molecular complexity index is 701. The zero-order chi connectivity index (χ0) is 15.9. The fourth-order valence-electron chi connectivity index (χ4n) is 1.83. The van der Waals surface area contributed by atoms with Gasteiger partial charge in [-0.3, -0.25) is 4.79 Å². The van der Waals surface area contributed by atoms with E-state index in [1.165, 1.54) is 14.2 Å². The van der Waals surface area contributed by atoms with E-state index in [9.17, 15) is 4.79 Å². The second-order valence-electron chi connectivity index (χ2n) is 4.26. The predicted octanol–water partition coefficient (Wildman–Crippen LogP) is 3.18. The highest BCUT2D eigenvalue weighted by Crippen LogP contribution is 2.27. The molecule has 0 fully saturated rings. The van der Waals surface area contributed by atoms with Crippen molar-refractivity contribution < 1.29 is 14.4 Å². The van der Waals surface area contributed by atoms with Crippen LogP contribution in [-0.2, 0) is 9.63 Å². The number of halogens is 1. The van der Waals surface area contributed by atoms with Gasteiger partial charge < -0.3 is 14.9 Å². The summed E-state index contributed by atoms with van der Waals surface area (Å²) in [5, 5.41) is 6.35. The molecule has 0 radical (unpaired) electrons. The van der Waals surface area contributed by atoms with Crippen molar-refractivity contribution in [3.63, 3.8) is 0 Å². The lowest BCUT2D eigenvalue weighted by molar-refractivity contribution is -0.114. The van der Waals surface area contributed by atoms with Crippen LogP contribution in [0.2, 0.25) is 0 Å². The van der Waals surface area contributed by atoms with Gasteiger partial charge in [0.1, 0.15) is 18.6 Å². The highest BCUT2D eigenvalue weighted by Gasteiger charge is 2.18. The molecule has 0 aliphatic rings. The van der Waals surface area contributed by atoms with E-state index in [1.54, 1.807) is 12.1 Å². The molecule has 0 heterocycles. The van der Waals surface area contributed by atoms with Crippen LogP contribution >= 0.6 is 22.6 Å². The van der Waals surface area contributed by atoms with E-state index in [0.717, 1.165) is 3.57 Å². The van der Waals surface area contributed by atoms with Gasteiger partial charge in [-0.2, -0.15) is 0 Å². The predicted molar refractivity (Wildman–Crippen MR) is 93.3 cm³/mol. The molecule has 22 heavy (non-hydrogen) atoms. The van der Waals surface area contributed by atoms with Gasteiger partial charge in [0, 0.05) is 10.6 Å². The molecular weight excluding hydrogens is 395 g/mol. The Kier molecular flexibility index (Phi) is 5.76. The Labute approximate surface area is 142 Å². The number of nitrogens with one attached hydrogen (secondary N) is 1. The van der Waals surface area contributed by atoms with E-state index in [4.69, 9.17) is 9.57 Å². The average molecular weight is 410 g/mol. The molecule has 114 valence electrons. The lowest BCUT2D eigenvalue weighted by Crippen LogP contribution is -2.28. The van der Waals surface area contributed by atoms with Crippen LogP contribution in [0.5, 0.6) is 11.5 Å². The summed E-state index contributed by atoms with van der Waals surface area (Å²) in [6.07, 6.45) is 0. The van der Waals surface area contributed by atoms with Crippen LogP contribution in [0.4, 0.5) is 0 Å². The van der Waals surface area contributed by atoms with E-state index in [1.807, 2.05) is 36.4 Å². The highest BCUT2D eigenvalue weighted by molar-refractivity contribution is 14.1. The van der Waals surface area contributed by atoms with Crippen molar-refractivity contribution in [2.45, 2.75) is 0 Å². The molecule has 5 nitrogen and oxygen atoms in total. The maximum atomic E-state index is 12.0. The van der Waals surface area contributed by atoms with Crippen LogP contribution in [0.15, 0.2) is 53.7 Å². The molecule has 0 bridgehead atoms. The molecule has 1 N–H and O–H groups in total. The minimum atomic E-state index is -0.347. The number of hydrogen-bond donors (Lipinski definition) is 1. The SMILES string of the molecule is CNC(=O)C(=NOC)c1ccccc1Oc1cccc(I)c1. The first-order valence-corrected chi connectivity index (χ1v) is 7.59. The van der Waals surface area contributed by atoms with Crippen molar-refractivity contribution in [1.82, 2.24) is 5.32 Å². The molecule has 0 atom stereocenters. The summed E-state index contributed by atoms with van der Waals surface area (Å²) in [6, 6.07) is 14.8. The lowest BCUT2D eigenvalue weighted by atomic mass is 10.1. The van der Waals surface area contributed by atoms with Gasteiger partial charge in [0.15, 0.2) is 5.71 Å². The van der Waals surface area contributed by atoms with Crippen LogP contribution in [0, 0.1) is 3.57 Å². The van der Waals surface area contributed by atoms with Crippen molar-refractivity contribution in [2.75, 3.05) is 14.2 Å². The summed E-state index contributed by atoms with van der Waals surface area (Å²) in [7, 11) is 2.93. The zero-order valence-corrected chi connectivity index (χ0v) is 14.3. The van der Waals surface area contributed by atoms with Gasteiger partial charge in [-0.1, -0.05) is 23.4 Å². The molecule has 0 aromatic heterocycles. The third kappa shape index (κ3) is 3.97. The van der Waals surface area contributed by atoms with E-state index < -0.39 is 0 Å². The highest BCUT2D eigenvalue weighted by atomic mass is 127. The second kappa shape index (κ2) is 7.79. The second-order valence-corrected chi connectivity index (χ2v) is 5.50. The molecular formula is C16H15IN2O3. The fraction of sp³-hybridized carbons (Fsp3) is 0.125. The normalized spacial score (nSPS) is 11.0. The van der Waals surface area contributed by atoms with E-state index >= 15 is 0 Å². The quantitative estimate of drug-likeness (QED) is 0.468. The summed E-state index contributed by atoms with van der Waals surface area (Å²) in [5.41, 5.74) is 0.716.